The molecule has 1 aromatic carbocycles. The first-order valence-electron chi connectivity index (χ1n) is 7.64. The lowest BCUT2D eigenvalue weighted by Crippen LogP contribution is -2.41. The van der Waals surface area contributed by atoms with Crippen molar-refractivity contribution in [2.75, 3.05) is 13.2 Å². The van der Waals surface area contributed by atoms with E-state index in [4.69, 9.17) is 14.9 Å². The first kappa shape index (κ1) is 16.0. The summed E-state index contributed by atoms with van der Waals surface area (Å²) in [4.78, 5) is 24.8. The average Bonchev–Trinajstić information content (AvgIpc) is 3.22. The summed E-state index contributed by atoms with van der Waals surface area (Å²) >= 11 is 0. The summed E-state index contributed by atoms with van der Waals surface area (Å²) in [6, 6.07) is 8.34. The van der Waals surface area contributed by atoms with Crippen LogP contribution in [-0.2, 0) is 4.74 Å². The van der Waals surface area contributed by atoms with Gasteiger partial charge in [-0.05, 0) is 37.1 Å². The van der Waals surface area contributed by atoms with Crippen LogP contribution in [0.5, 0.6) is 0 Å². The van der Waals surface area contributed by atoms with Gasteiger partial charge in [-0.2, -0.15) is 0 Å². The fourth-order valence-electron chi connectivity index (χ4n) is 2.80. The van der Waals surface area contributed by atoms with Gasteiger partial charge >= 0.3 is 12.0 Å². The normalized spacial score (nSPS) is 17.0. The van der Waals surface area contributed by atoms with Gasteiger partial charge in [-0.15, -0.1) is 0 Å². The lowest BCUT2D eigenvalue weighted by molar-refractivity contribution is 0.0388. The van der Waals surface area contributed by atoms with Crippen LogP contribution in [0.4, 0.5) is 9.18 Å². The highest BCUT2D eigenvalue weighted by atomic mass is 19.1. The highest BCUT2D eigenvalue weighted by Gasteiger charge is 2.28. The third-order valence-corrected chi connectivity index (χ3v) is 4.01. The number of carbonyl (C=O) groups excluding carboxylic acids is 2. The van der Waals surface area contributed by atoms with Gasteiger partial charge in [-0.1, -0.05) is 12.1 Å². The number of amides is 2. The minimum atomic E-state index is -0.658. The van der Waals surface area contributed by atoms with Gasteiger partial charge < -0.3 is 19.8 Å². The summed E-state index contributed by atoms with van der Waals surface area (Å²) in [7, 11) is 0. The Labute approximate surface area is 138 Å². The molecular weight excluding hydrogens is 315 g/mol. The summed E-state index contributed by atoms with van der Waals surface area (Å²) < 4.78 is 24.3. The molecule has 0 aliphatic carbocycles. The zero-order valence-electron chi connectivity index (χ0n) is 12.9. The first-order valence-corrected chi connectivity index (χ1v) is 7.64. The molecule has 7 heteroatoms. The van der Waals surface area contributed by atoms with E-state index in [2.05, 4.69) is 0 Å². The molecule has 2 amide bonds. The number of halogens is 1. The largest absolute Gasteiger partial charge is 0.458 e. The number of furan rings is 1. The Morgan fingerprint density at radius 1 is 1.29 bits per heavy atom. The number of ether oxygens (including phenoxy) is 1. The summed E-state index contributed by atoms with van der Waals surface area (Å²) in [6.45, 7) is 0.618. The van der Waals surface area contributed by atoms with Crippen molar-refractivity contribution < 1.29 is 23.1 Å². The number of esters is 1. The van der Waals surface area contributed by atoms with E-state index < -0.39 is 17.8 Å². The topological polar surface area (TPSA) is 85.8 Å². The van der Waals surface area contributed by atoms with Crippen molar-refractivity contribution in [3.05, 3.63) is 48.0 Å². The quantitative estimate of drug-likeness (QED) is 0.872. The van der Waals surface area contributed by atoms with E-state index in [-0.39, 0.29) is 29.7 Å². The molecule has 6 nitrogen and oxygen atoms in total. The van der Waals surface area contributed by atoms with Crippen LogP contribution in [-0.4, -0.2) is 36.1 Å². The molecule has 3 rings (SSSR count). The highest BCUT2D eigenvalue weighted by molar-refractivity contribution is 5.87. The van der Waals surface area contributed by atoms with Gasteiger partial charge in [0.05, 0.1) is 11.6 Å². The second-order valence-corrected chi connectivity index (χ2v) is 5.57. The molecule has 1 saturated heterocycles. The minimum Gasteiger partial charge on any atom is -0.458 e. The Morgan fingerprint density at radius 2 is 2.08 bits per heavy atom. The second-order valence-electron chi connectivity index (χ2n) is 5.57. The number of likely N-dealkylation sites (tertiary alicyclic amines) is 1. The average molecular weight is 332 g/mol. The molecule has 0 saturated carbocycles. The summed E-state index contributed by atoms with van der Waals surface area (Å²) in [5.41, 5.74) is 5.55. The molecule has 1 aliphatic heterocycles. The minimum absolute atomic E-state index is 0.0168. The maximum Gasteiger partial charge on any atom is 0.374 e. The van der Waals surface area contributed by atoms with Crippen LogP contribution >= 0.6 is 0 Å². The van der Waals surface area contributed by atoms with E-state index in [1.165, 1.54) is 23.1 Å². The van der Waals surface area contributed by atoms with E-state index in [1.807, 2.05) is 0 Å². The van der Waals surface area contributed by atoms with E-state index >= 15 is 0 Å². The van der Waals surface area contributed by atoms with Gasteiger partial charge in [0.25, 0.3) is 0 Å². The maximum absolute atomic E-state index is 13.7. The van der Waals surface area contributed by atoms with E-state index in [1.54, 1.807) is 18.2 Å². The van der Waals surface area contributed by atoms with E-state index in [0.717, 1.165) is 12.8 Å². The molecular formula is C17H17FN2O4. The standard InChI is InChI=1S/C17H17FN2O4/c18-13-6-2-1-5-12(13)14-7-8-15(24-14)16(21)23-10-11-4-3-9-20(11)17(19)22/h1-2,5-8,11H,3-4,9-10H2,(H2,19,22)/t11-/m0/s1. The predicted molar refractivity (Wildman–Crippen MR) is 83.7 cm³/mol. The van der Waals surface area contributed by atoms with Crippen molar-refractivity contribution in [3.8, 4) is 11.3 Å². The Balaban J connectivity index is 1.64. The van der Waals surface area contributed by atoms with Crippen LogP contribution < -0.4 is 5.73 Å². The lowest BCUT2D eigenvalue weighted by atomic mass is 10.1. The van der Waals surface area contributed by atoms with Gasteiger partial charge in [-0.25, -0.2) is 14.0 Å². The SMILES string of the molecule is NC(=O)N1CCC[C@H]1COC(=O)c1ccc(-c2ccccc2F)o1. The van der Waals surface area contributed by atoms with Crippen LogP contribution in [0.1, 0.15) is 23.4 Å². The molecule has 2 aromatic rings. The van der Waals surface area contributed by atoms with Gasteiger partial charge in [0, 0.05) is 6.54 Å². The molecule has 1 atom stereocenters. The number of hydrogen-bond acceptors (Lipinski definition) is 4. The van der Waals surface area contributed by atoms with Gasteiger partial charge in [0.2, 0.25) is 5.76 Å². The van der Waals surface area contributed by atoms with Gasteiger partial charge in [-0.3, -0.25) is 0 Å². The van der Waals surface area contributed by atoms with Crippen LogP contribution in [0.3, 0.4) is 0 Å². The molecule has 0 unspecified atom stereocenters. The number of benzene rings is 1. The lowest BCUT2D eigenvalue weighted by Gasteiger charge is -2.21. The molecule has 0 bridgehead atoms. The van der Waals surface area contributed by atoms with Crippen molar-refractivity contribution in [3.63, 3.8) is 0 Å². The number of hydrogen-bond donors (Lipinski definition) is 1. The molecule has 1 aliphatic rings. The monoisotopic (exact) mass is 332 g/mol. The number of rotatable bonds is 4. The number of nitrogens with two attached hydrogens (primary N) is 1. The summed E-state index contributed by atoms with van der Waals surface area (Å²) in [5.74, 6) is -0.861. The van der Waals surface area contributed by atoms with Gasteiger partial charge in [0.15, 0.2) is 0 Å². The maximum atomic E-state index is 13.7. The van der Waals surface area contributed by atoms with Crippen LogP contribution in [0.2, 0.25) is 0 Å². The number of primary amides is 1. The third-order valence-electron chi connectivity index (χ3n) is 4.01. The molecule has 1 aromatic heterocycles. The summed E-state index contributed by atoms with van der Waals surface area (Å²) in [5, 5.41) is 0. The predicted octanol–water partition coefficient (Wildman–Crippen LogP) is 2.79. The third kappa shape index (κ3) is 3.24. The Bertz CT molecular complexity index is 759. The molecule has 2 heterocycles. The number of nitrogens with zero attached hydrogens (tertiary/aromatic N) is 1. The van der Waals surface area contributed by atoms with Crippen molar-refractivity contribution in [2.45, 2.75) is 18.9 Å². The Morgan fingerprint density at radius 3 is 2.83 bits per heavy atom. The molecule has 126 valence electrons. The summed E-state index contributed by atoms with van der Waals surface area (Å²) in [6.07, 6.45) is 1.55. The first-order chi connectivity index (χ1) is 11.6. The van der Waals surface area contributed by atoms with Crippen molar-refractivity contribution in [2.24, 2.45) is 5.73 Å². The Kier molecular flexibility index (Phi) is 4.50. The van der Waals surface area contributed by atoms with Crippen molar-refractivity contribution >= 4 is 12.0 Å². The number of carbonyl (C=O) groups is 2. The molecule has 2 N–H and O–H groups in total. The molecule has 1 fully saturated rings. The molecule has 0 radical (unpaired) electrons. The second kappa shape index (κ2) is 6.74. The number of urea groups is 1. The fourth-order valence-corrected chi connectivity index (χ4v) is 2.80. The smallest absolute Gasteiger partial charge is 0.374 e. The van der Waals surface area contributed by atoms with Gasteiger partial charge in [0.1, 0.15) is 18.2 Å². The zero-order valence-corrected chi connectivity index (χ0v) is 12.9. The van der Waals surface area contributed by atoms with Crippen molar-refractivity contribution in [1.29, 1.82) is 0 Å². The highest BCUT2D eigenvalue weighted by Crippen LogP contribution is 2.25. The van der Waals surface area contributed by atoms with Crippen LogP contribution in [0.25, 0.3) is 11.3 Å². The van der Waals surface area contributed by atoms with Crippen LogP contribution in [0.15, 0.2) is 40.8 Å². The Hall–Kier alpha value is -2.83. The van der Waals surface area contributed by atoms with Crippen LogP contribution in [0, 0.1) is 5.82 Å². The molecule has 24 heavy (non-hydrogen) atoms. The van der Waals surface area contributed by atoms with E-state index in [0.29, 0.717) is 6.54 Å². The van der Waals surface area contributed by atoms with E-state index in [9.17, 15) is 14.0 Å². The molecule has 0 spiro atoms. The fraction of sp³-hybridized carbons (Fsp3) is 0.294. The van der Waals surface area contributed by atoms with Crippen molar-refractivity contribution in [1.82, 2.24) is 4.90 Å². The zero-order chi connectivity index (χ0) is 17.1.